The lowest BCUT2D eigenvalue weighted by Gasteiger charge is -2.19. The summed E-state index contributed by atoms with van der Waals surface area (Å²) < 4.78 is 13.0. The molecule has 4 heteroatoms. The van der Waals surface area contributed by atoms with Crippen LogP contribution in [0, 0.1) is 5.82 Å². The second-order valence-electron chi connectivity index (χ2n) is 3.89. The maximum atomic E-state index is 13.0. The molecule has 0 saturated heterocycles. The molecule has 2 atom stereocenters. The first-order chi connectivity index (χ1) is 7.63. The summed E-state index contributed by atoms with van der Waals surface area (Å²) in [5, 5.41) is 3.43. The quantitative estimate of drug-likeness (QED) is 0.830. The van der Waals surface area contributed by atoms with Crippen molar-refractivity contribution < 1.29 is 4.39 Å². The van der Waals surface area contributed by atoms with Gasteiger partial charge < -0.3 is 5.32 Å². The fourth-order valence-electron chi connectivity index (χ4n) is 1.53. The van der Waals surface area contributed by atoms with Crippen LogP contribution in [0.4, 0.5) is 4.39 Å². The van der Waals surface area contributed by atoms with Crippen LogP contribution in [0.25, 0.3) is 0 Å². The molecular formula is C12H19FN2S. The molecule has 0 fully saturated rings. The molecule has 0 amide bonds. The van der Waals surface area contributed by atoms with Crippen LogP contribution in [-0.4, -0.2) is 22.5 Å². The van der Waals surface area contributed by atoms with Gasteiger partial charge in [-0.15, -0.1) is 0 Å². The summed E-state index contributed by atoms with van der Waals surface area (Å²) in [4.78, 5) is 3.85. The molecule has 16 heavy (non-hydrogen) atoms. The van der Waals surface area contributed by atoms with Crippen molar-refractivity contribution in [2.24, 2.45) is 0 Å². The Morgan fingerprint density at radius 1 is 1.44 bits per heavy atom. The molecule has 0 spiro atoms. The van der Waals surface area contributed by atoms with Gasteiger partial charge in [-0.2, -0.15) is 11.8 Å². The number of pyridine rings is 1. The zero-order valence-corrected chi connectivity index (χ0v) is 10.9. The highest BCUT2D eigenvalue weighted by atomic mass is 32.2. The zero-order valence-electron chi connectivity index (χ0n) is 10.0. The van der Waals surface area contributed by atoms with Gasteiger partial charge in [-0.3, -0.25) is 4.98 Å². The fraction of sp³-hybridized carbons (Fsp3) is 0.583. The van der Waals surface area contributed by atoms with E-state index in [1.807, 2.05) is 18.7 Å². The topological polar surface area (TPSA) is 24.9 Å². The summed E-state index contributed by atoms with van der Waals surface area (Å²) in [6, 6.07) is 2.09. The van der Waals surface area contributed by atoms with E-state index in [1.54, 1.807) is 6.20 Å². The molecule has 0 aliphatic rings. The summed E-state index contributed by atoms with van der Waals surface area (Å²) in [6.45, 7) is 6.33. The zero-order chi connectivity index (χ0) is 12.0. The SMILES string of the molecule is CCSCC(C)NC(C)c1cncc(F)c1. The van der Waals surface area contributed by atoms with Crippen molar-refractivity contribution in [2.45, 2.75) is 32.9 Å². The highest BCUT2D eigenvalue weighted by Gasteiger charge is 2.10. The van der Waals surface area contributed by atoms with Crippen LogP contribution in [0.2, 0.25) is 0 Å². The molecular weight excluding hydrogens is 223 g/mol. The largest absolute Gasteiger partial charge is 0.307 e. The van der Waals surface area contributed by atoms with Gasteiger partial charge in [0.15, 0.2) is 0 Å². The Hall–Kier alpha value is -0.610. The van der Waals surface area contributed by atoms with Crippen molar-refractivity contribution in [2.75, 3.05) is 11.5 Å². The molecule has 2 nitrogen and oxygen atoms in total. The van der Waals surface area contributed by atoms with Crippen LogP contribution in [0.1, 0.15) is 32.4 Å². The lowest BCUT2D eigenvalue weighted by Crippen LogP contribution is -2.31. The fourth-order valence-corrected chi connectivity index (χ4v) is 2.22. The summed E-state index contributed by atoms with van der Waals surface area (Å²) >= 11 is 1.90. The van der Waals surface area contributed by atoms with Gasteiger partial charge in [0, 0.05) is 24.0 Å². The maximum Gasteiger partial charge on any atom is 0.141 e. The van der Waals surface area contributed by atoms with Crippen molar-refractivity contribution >= 4 is 11.8 Å². The number of rotatable bonds is 6. The molecule has 0 aliphatic carbocycles. The van der Waals surface area contributed by atoms with Gasteiger partial charge in [-0.1, -0.05) is 6.92 Å². The smallest absolute Gasteiger partial charge is 0.141 e. The van der Waals surface area contributed by atoms with Crippen LogP contribution in [-0.2, 0) is 0 Å². The summed E-state index contributed by atoms with van der Waals surface area (Å²) in [5.74, 6) is 1.92. The van der Waals surface area contributed by atoms with Gasteiger partial charge in [0.1, 0.15) is 5.82 Å². The Balaban J connectivity index is 2.48. The first-order valence-corrected chi connectivity index (χ1v) is 6.73. The lowest BCUT2D eigenvalue weighted by atomic mass is 10.1. The number of hydrogen-bond acceptors (Lipinski definition) is 3. The molecule has 1 N–H and O–H groups in total. The molecule has 0 aromatic carbocycles. The van der Waals surface area contributed by atoms with E-state index in [1.165, 1.54) is 12.3 Å². The second kappa shape index (κ2) is 6.86. The Labute approximate surface area is 101 Å². The van der Waals surface area contributed by atoms with E-state index in [2.05, 4.69) is 24.1 Å². The van der Waals surface area contributed by atoms with E-state index < -0.39 is 0 Å². The Morgan fingerprint density at radius 2 is 2.19 bits per heavy atom. The molecule has 1 aromatic heterocycles. The van der Waals surface area contributed by atoms with E-state index in [0.717, 1.165) is 17.1 Å². The van der Waals surface area contributed by atoms with Gasteiger partial charge in [-0.25, -0.2) is 4.39 Å². The van der Waals surface area contributed by atoms with Crippen LogP contribution < -0.4 is 5.32 Å². The molecule has 1 heterocycles. The molecule has 0 radical (unpaired) electrons. The minimum atomic E-state index is -0.276. The van der Waals surface area contributed by atoms with E-state index in [0.29, 0.717) is 6.04 Å². The van der Waals surface area contributed by atoms with Crippen molar-refractivity contribution in [3.63, 3.8) is 0 Å². The average molecular weight is 242 g/mol. The Kier molecular flexibility index (Phi) is 5.77. The first-order valence-electron chi connectivity index (χ1n) is 5.57. The molecule has 0 aliphatic heterocycles. The third kappa shape index (κ3) is 4.49. The molecule has 2 unspecified atom stereocenters. The molecule has 90 valence electrons. The molecule has 0 bridgehead atoms. The van der Waals surface area contributed by atoms with Crippen LogP contribution >= 0.6 is 11.8 Å². The first kappa shape index (κ1) is 13.5. The normalized spacial score (nSPS) is 14.8. The number of thioether (sulfide) groups is 1. The molecule has 1 aromatic rings. The van der Waals surface area contributed by atoms with E-state index in [-0.39, 0.29) is 11.9 Å². The number of aromatic nitrogens is 1. The van der Waals surface area contributed by atoms with Crippen LogP contribution in [0.5, 0.6) is 0 Å². The lowest BCUT2D eigenvalue weighted by molar-refractivity contribution is 0.506. The highest BCUT2D eigenvalue weighted by Crippen LogP contribution is 2.13. The predicted molar refractivity (Wildman–Crippen MR) is 68.2 cm³/mol. The highest BCUT2D eigenvalue weighted by molar-refractivity contribution is 7.99. The van der Waals surface area contributed by atoms with Gasteiger partial charge >= 0.3 is 0 Å². The van der Waals surface area contributed by atoms with E-state index >= 15 is 0 Å². The van der Waals surface area contributed by atoms with Crippen LogP contribution in [0.15, 0.2) is 18.5 Å². The number of hydrogen-bond donors (Lipinski definition) is 1. The second-order valence-corrected chi connectivity index (χ2v) is 5.20. The van der Waals surface area contributed by atoms with Gasteiger partial charge in [0.05, 0.1) is 6.20 Å². The number of nitrogens with zero attached hydrogens (tertiary/aromatic N) is 1. The predicted octanol–water partition coefficient (Wildman–Crippen LogP) is 3.01. The van der Waals surface area contributed by atoms with Crippen molar-refractivity contribution in [1.82, 2.24) is 10.3 Å². The van der Waals surface area contributed by atoms with Crippen molar-refractivity contribution in [3.8, 4) is 0 Å². The minimum Gasteiger partial charge on any atom is -0.307 e. The van der Waals surface area contributed by atoms with Crippen molar-refractivity contribution in [1.29, 1.82) is 0 Å². The minimum absolute atomic E-state index is 0.135. The summed E-state index contributed by atoms with van der Waals surface area (Å²) in [5.41, 5.74) is 0.897. The van der Waals surface area contributed by atoms with Gasteiger partial charge in [0.25, 0.3) is 0 Å². The average Bonchev–Trinajstić information content (AvgIpc) is 2.26. The van der Waals surface area contributed by atoms with E-state index in [9.17, 15) is 4.39 Å². The molecule has 0 saturated carbocycles. The number of nitrogens with one attached hydrogen (secondary N) is 1. The number of halogens is 1. The van der Waals surface area contributed by atoms with Crippen molar-refractivity contribution in [3.05, 3.63) is 29.8 Å². The maximum absolute atomic E-state index is 13.0. The third-order valence-corrected chi connectivity index (χ3v) is 3.48. The van der Waals surface area contributed by atoms with Gasteiger partial charge in [0.2, 0.25) is 0 Å². The Morgan fingerprint density at radius 3 is 2.81 bits per heavy atom. The standard InChI is InChI=1S/C12H19FN2S/c1-4-16-8-9(2)15-10(3)11-5-12(13)7-14-6-11/h5-7,9-10,15H,4,8H2,1-3H3. The molecule has 1 rings (SSSR count). The third-order valence-electron chi connectivity index (χ3n) is 2.33. The Bertz CT molecular complexity index is 320. The monoisotopic (exact) mass is 242 g/mol. The van der Waals surface area contributed by atoms with Crippen LogP contribution in [0.3, 0.4) is 0 Å². The summed E-state index contributed by atoms with van der Waals surface area (Å²) in [6.07, 6.45) is 2.94. The van der Waals surface area contributed by atoms with Gasteiger partial charge in [-0.05, 0) is 31.2 Å². The summed E-state index contributed by atoms with van der Waals surface area (Å²) in [7, 11) is 0. The van der Waals surface area contributed by atoms with E-state index in [4.69, 9.17) is 0 Å².